The first kappa shape index (κ1) is 32.2. The van der Waals surface area contributed by atoms with Gasteiger partial charge in [0.05, 0.1) is 43.0 Å². The Labute approximate surface area is 251 Å². The summed E-state index contributed by atoms with van der Waals surface area (Å²) in [6, 6.07) is 7.80. The van der Waals surface area contributed by atoms with E-state index in [4.69, 9.17) is 9.47 Å². The maximum Gasteiger partial charge on any atom is 0.282 e. The SMILES string of the molecule is CCOc1cc(-c2c(F)cc(C#N)cc2C(=O)N2CC(F)(F)C2)cc(NC(=O)c2cc(CNC[C@H](C)OC)cn(C)c2=O)n1. The molecule has 0 radical (unpaired) electrons. The van der Waals surface area contributed by atoms with Crippen LogP contribution in [0.15, 0.2) is 41.3 Å². The molecule has 1 aromatic carbocycles. The molecule has 2 N–H and O–H groups in total. The van der Waals surface area contributed by atoms with E-state index in [0.717, 1.165) is 17.0 Å². The minimum Gasteiger partial charge on any atom is -0.478 e. The fourth-order valence-corrected chi connectivity index (χ4v) is 4.62. The standard InChI is InChI=1S/C30H31F3N6O5/c1-5-44-25-10-20(26-21(6-18(11-34)8-23(26)31)29(42)39-15-30(32,33)16-39)9-24(36-25)37-27(40)22-7-19(14-38(3)28(22)41)13-35-12-17(2)43-4/h6-10,14,17,35H,5,12-13,15-16H2,1-4H3,(H,36,37,40)/t17-/m0/s1. The lowest BCUT2D eigenvalue weighted by atomic mass is 9.95. The average Bonchev–Trinajstić information content (AvgIpc) is 2.96. The number of anilines is 1. The number of carbonyl (C=O) groups excluding carboxylic acids is 2. The number of likely N-dealkylation sites (tertiary alicyclic amines) is 1. The van der Waals surface area contributed by atoms with E-state index in [1.807, 2.05) is 6.92 Å². The molecule has 1 saturated heterocycles. The van der Waals surface area contributed by atoms with Crippen LogP contribution in [0.1, 0.15) is 45.7 Å². The van der Waals surface area contributed by atoms with Gasteiger partial charge < -0.3 is 29.6 Å². The van der Waals surface area contributed by atoms with Crippen LogP contribution in [0.5, 0.6) is 5.88 Å². The van der Waals surface area contributed by atoms with Crippen LogP contribution in [0.2, 0.25) is 0 Å². The highest BCUT2D eigenvalue weighted by Gasteiger charge is 2.47. The number of aryl methyl sites for hydroxylation is 1. The third-order valence-corrected chi connectivity index (χ3v) is 6.85. The third kappa shape index (κ3) is 7.24. The summed E-state index contributed by atoms with van der Waals surface area (Å²) in [6.07, 6.45) is 1.54. The molecule has 1 aliphatic heterocycles. The molecule has 2 aromatic heterocycles. The fourth-order valence-electron chi connectivity index (χ4n) is 4.62. The van der Waals surface area contributed by atoms with E-state index in [-0.39, 0.29) is 52.2 Å². The number of nitriles is 1. The minimum absolute atomic E-state index is 0.0227. The van der Waals surface area contributed by atoms with Gasteiger partial charge in [0.25, 0.3) is 23.3 Å². The van der Waals surface area contributed by atoms with Crippen LogP contribution in [-0.4, -0.2) is 71.6 Å². The van der Waals surface area contributed by atoms with Crippen molar-refractivity contribution in [3.63, 3.8) is 0 Å². The second-order valence-electron chi connectivity index (χ2n) is 10.3. The largest absolute Gasteiger partial charge is 0.478 e. The topological polar surface area (TPSA) is 139 Å². The van der Waals surface area contributed by atoms with E-state index in [1.54, 1.807) is 26.3 Å². The summed E-state index contributed by atoms with van der Waals surface area (Å²) < 4.78 is 54.5. The number of nitrogens with zero attached hydrogens (tertiary/aromatic N) is 4. The summed E-state index contributed by atoms with van der Waals surface area (Å²) in [4.78, 5) is 44.4. The molecule has 4 rings (SSSR count). The summed E-state index contributed by atoms with van der Waals surface area (Å²) in [5.74, 6) is -5.91. The number of aromatic nitrogens is 2. The van der Waals surface area contributed by atoms with Crippen molar-refractivity contribution in [1.29, 1.82) is 5.26 Å². The van der Waals surface area contributed by atoms with Gasteiger partial charge in [0.15, 0.2) is 0 Å². The lowest BCUT2D eigenvalue weighted by Gasteiger charge is -2.39. The van der Waals surface area contributed by atoms with E-state index in [1.165, 1.54) is 29.8 Å². The number of rotatable bonds is 11. The Morgan fingerprint density at radius 1 is 1.18 bits per heavy atom. The number of halogens is 3. The van der Waals surface area contributed by atoms with Crippen LogP contribution in [0.25, 0.3) is 11.1 Å². The maximum atomic E-state index is 15.5. The van der Waals surface area contributed by atoms with Crippen molar-refractivity contribution in [2.45, 2.75) is 32.4 Å². The van der Waals surface area contributed by atoms with Gasteiger partial charge in [0.1, 0.15) is 17.2 Å². The van der Waals surface area contributed by atoms with E-state index in [9.17, 15) is 28.4 Å². The lowest BCUT2D eigenvalue weighted by molar-refractivity contribution is -0.113. The Morgan fingerprint density at radius 2 is 1.91 bits per heavy atom. The molecule has 0 aliphatic carbocycles. The second kappa shape index (κ2) is 13.3. The van der Waals surface area contributed by atoms with E-state index in [2.05, 4.69) is 15.6 Å². The highest BCUT2D eigenvalue weighted by atomic mass is 19.3. The number of benzene rings is 1. The second-order valence-corrected chi connectivity index (χ2v) is 10.3. The van der Waals surface area contributed by atoms with Crippen molar-refractivity contribution in [1.82, 2.24) is 19.8 Å². The Kier molecular flexibility index (Phi) is 9.71. The normalized spacial score (nSPS) is 14.4. The number of methoxy groups -OCH3 is 1. The van der Waals surface area contributed by atoms with Gasteiger partial charge in [-0.1, -0.05) is 0 Å². The van der Waals surface area contributed by atoms with E-state index in [0.29, 0.717) is 18.7 Å². The third-order valence-electron chi connectivity index (χ3n) is 6.85. The zero-order valence-corrected chi connectivity index (χ0v) is 24.5. The van der Waals surface area contributed by atoms with E-state index < -0.39 is 42.2 Å². The number of carbonyl (C=O) groups is 2. The first-order valence-electron chi connectivity index (χ1n) is 13.7. The lowest BCUT2D eigenvalue weighted by Crippen LogP contribution is -2.58. The maximum absolute atomic E-state index is 15.5. The Hall–Kier alpha value is -4.74. The molecule has 2 amide bonds. The van der Waals surface area contributed by atoms with Crippen LogP contribution in [0.4, 0.5) is 19.0 Å². The van der Waals surface area contributed by atoms with Crippen LogP contribution < -0.4 is 20.9 Å². The average molecular weight is 613 g/mol. The number of ether oxygens (including phenoxy) is 2. The molecule has 1 fully saturated rings. The summed E-state index contributed by atoms with van der Waals surface area (Å²) in [5, 5.41) is 15.1. The van der Waals surface area contributed by atoms with E-state index >= 15 is 4.39 Å². The van der Waals surface area contributed by atoms with Gasteiger partial charge in [-0.25, -0.2) is 13.2 Å². The number of hydrogen-bond acceptors (Lipinski definition) is 8. The highest BCUT2D eigenvalue weighted by molar-refractivity contribution is 6.05. The van der Waals surface area contributed by atoms with Gasteiger partial charge >= 0.3 is 0 Å². The molecular formula is C30H31F3N6O5. The minimum atomic E-state index is -3.07. The fraction of sp³-hybridized carbons (Fsp3) is 0.367. The van der Waals surface area contributed by atoms with Gasteiger partial charge in [-0.2, -0.15) is 10.2 Å². The first-order chi connectivity index (χ1) is 20.8. The van der Waals surface area contributed by atoms with Crippen molar-refractivity contribution >= 4 is 17.6 Å². The van der Waals surface area contributed by atoms with Crippen molar-refractivity contribution in [3.8, 4) is 23.1 Å². The molecule has 3 heterocycles. The van der Waals surface area contributed by atoms with Gasteiger partial charge in [-0.05, 0) is 49.2 Å². The van der Waals surface area contributed by atoms with Gasteiger partial charge in [-0.3, -0.25) is 14.4 Å². The van der Waals surface area contributed by atoms with Gasteiger partial charge in [0.2, 0.25) is 5.88 Å². The molecule has 0 spiro atoms. The Balaban J connectivity index is 1.71. The smallest absolute Gasteiger partial charge is 0.282 e. The quantitative estimate of drug-likeness (QED) is 0.336. The Morgan fingerprint density at radius 3 is 2.55 bits per heavy atom. The van der Waals surface area contributed by atoms with Crippen LogP contribution in [-0.2, 0) is 18.3 Å². The molecule has 0 unspecified atom stereocenters. The predicted molar refractivity (Wildman–Crippen MR) is 154 cm³/mol. The monoisotopic (exact) mass is 612 g/mol. The van der Waals surface area contributed by atoms with Crippen molar-refractivity contribution < 1.29 is 32.2 Å². The number of alkyl halides is 2. The highest BCUT2D eigenvalue weighted by Crippen LogP contribution is 2.35. The summed E-state index contributed by atoms with van der Waals surface area (Å²) in [5.41, 5.74) is -0.884. The van der Waals surface area contributed by atoms with Crippen LogP contribution >= 0.6 is 0 Å². The molecule has 44 heavy (non-hydrogen) atoms. The van der Waals surface area contributed by atoms with Crippen molar-refractivity contribution in [3.05, 3.63) is 75.0 Å². The van der Waals surface area contributed by atoms with Crippen LogP contribution in [0.3, 0.4) is 0 Å². The first-order valence-corrected chi connectivity index (χ1v) is 13.7. The number of nitrogens with one attached hydrogen (secondary N) is 2. The predicted octanol–water partition coefficient (Wildman–Crippen LogP) is 3.32. The molecule has 232 valence electrons. The van der Waals surface area contributed by atoms with Crippen LogP contribution in [0, 0.1) is 17.1 Å². The molecule has 1 aliphatic rings. The number of pyridine rings is 2. The Bertz CT molecular complexity index is 1680. The van der Waals surface area contributed by atoms with Crippen molar-refractivity contribution in [2.75, 3.05) is 38.7 Å². The van der Waals surface area contributed by atoms with Crippen molar-refractivity contribution in [2.24, 2.45) is 7.05 Å². The molecule has 3 aromatic rings. The number of amides is 2. The summed E-state index contributed by atoms with van der Waals surface area (Å²) in [6.45, 7) is 2.89. The van der Waals surface area contributed by atoms with Gasteiger partial charge in [-0.15, -0.1) is 0 Å². The summed E-state index contributed by atoms with van der Waals surface area (Å²) >= 11 is 0. The molecule has 11 nitrogen and oxygen atoms in total. The van der Waals surface area contributed by atoms with Gasteiger partial charge in [0, 0.05) is 45.1 Å². The molecule has 1 atom stereocenters. The number of hydrogen-bond donors (Lipinski definition) is 2. The zero-order chi connectivity index (χ0) is 32.2. The molecule has 0 saturated carbocycles. The molecular weight excluding hydrogens is 581 g/mol. The summed E-state index contributed by atoms with van der Waals surface area (Å²) in [7, 11) is 3.09. The molecule has 14 heteroatoms. The zero-order valence-electron chi connectivity index (χ0n) is 24.5. The molecule has 0 bridgehead atoms.